The van der Waals surface area contributed by atoms with Gasteiger partial charge >= 0.3 is 12.1 Å². The number of ether oxygens (including phenoxy) is 1. The summed E-state index contributed by atoms with van der Waals surface area (Å²) in [5.74, 6) is -0.541. The standard InChI is InChI=1S/C28H28N2O4/c1-17(29-34-26(31)23-9-6-16-30(23)27(32)33-28(2,3)4)21-14-12-20-11-10-18-7-5-8-19-13-15-22(21)25(20)24(18)19/h5,7-8,10-15,23H,6,9,16H2,1-4H3/b29-17+. The molecule has 34 heavy (non-hydrogen) atoms. The molecule has 1 heterocycles. The Morgan fingerprint density at radius 3 is 2.29 bits per heavy atom. The van der Waals surface area contributed by atoms with E-state index in [9.17, 15) is 9.59 Å². The van der Waals surface area contributed by atoms with Crippen LogP contribution in [0.3, 0.4) is 0 Å². The summed E-state index contributed by atoms with van der Waals surface area (Å²) >= 11 is 0. The predicted molar refractivity (Wildman–Crippen MR) is 134 cm³/mol. The largest absolute Gasteiger partial charge is 0.444 e. The highest BCUT2D eigenvalue weighted by molar-refractivity contribution is 6.26. The Morgan fingerprint density at radius 2 is 1.59 bits per heavy atom. The molecule has 174 valence electrons. The van der Waals surface area contributed by atoms with Crippen LogP contribution in [0.4, 0.5) is 4.79 Å². The van der Waals surface area contributed by atoms with Gasteiger partial charge in [-0.1, -0.05) is 59.8 Å². The second-order valence-corrected chi connectivity index (χ2v) is 9.89. The van der Waals surface area contributed by atoms with Crippen LogP contribution in [0.5, 0.6) is 0 Å². The molecule has 6 heteroatoms. The van der Waals surface area contributed by atoms with Crippen LogP contribution in [0.1, 0.15) is 46.1 Å². The van der Waals surface area contributed by atoms with E-state index in [4.69, 9.17) is 9.57 Å². The van der Waals surface area contributed by atoms with Gasteiger partial charge in [-0.25, -0.2) is 9.59 Å². The number of rotatable bonds is 3. The maximum atomic E-state index is 12.8. The van der Waals surface area contributed by atoms with Gasteiger partial charge in [-0.15, -0.1) is 0 Å². The molecule has 0 radical (unpaired) electrons. The van der Waals surface area contributed by atoms with Crippen LogP contribution >= 0.6 is 0 Å². The number of benzene rings is 4. The van der Waals surface area contributed by atoms with Crippen molar-refractivity contribution in [2.45, 2.75) is 52.2 Å². The maximum absolute atomic E-state index is 12.8. The van der Waals surface area contributed by atoms with Gasteiger partial charge < -0.3 is 9.57 Å². The first kappa shape index (κ1) is 22.1. The van der Waals surface area contributed by atoms with E-state index in [0.29, 0.717) is 18.7 Å². The smallest absolute Gasteiger partial charge is 0.411 e. The second kappa shape index (κ2) is 8.28. The summed E-state index contributed by atoms with van der Waals surface area (Å²) in [5.41, 5.74) is 0.889. The number of carbonyl (C=O) groups is 2. The van der Waals surface area contributed by atoms with Gasteiger partial charge in [0.25, 0.3) is 0 Å². The molecular formula is C28H28N2O4. The molecule has 1 fully saturated rings. The Balaban J connectivity index is 1.42. The van der Waals surface area contributed by atoms with E-state index >= 15 is 0 Å². The van der Waals surface area contributed by atoms with E-state index in [1.54, 1.807) is 20.8 Å². The lowest BCUT2D eigenvalue weighted by atomic mass is 9.91. The zero-order chi connectivity index (χ0) is 24.0. The van der Waals surface area contributed by atoms with Crippen molar-refractivity contribution in [3.63, 3.8) is 0 Å². The average Bonchev–Trinajstić information content (AvgIpc) is 3.30. The Hall–Kier alpha value is -3.67. The summed E-state index contributed by atoms with van der Waals surface area (Å²) in [5, 5.41) is 11.2. The van der Waals surface area contributed by atoms with Crippen LogP contribution in [-0.2, 0) is 14.4 Å². The van der Waals surface area contributed by atoms with Crippen LogP contribution in [0.2, 0.25) is 0 Å². The molecule has 0 spiro atoms. The lowest BCUT2D eigenvalue weighted by molar-refractivity contribution is -0.148. The van der Waals surface area contributed by atoms with Crippen LogP contribution in [0.25, 0.3) is 32.3 Å². The molecule has 5 rings (SSSR count). The quantitative estimate of drug-likeness (QED) is 0.158. The zero-order valence-electron chi connectivity index (χ0n) is 19.9. The fourth-order valence-electron chi connectivity index (χ4n) is 4.83. The molecule has 4 aromatic carbocycles. The fourth-order valence-corrected chi connectivity index (χ4v) is 4.83. The summed E-state index contributed by atoms with van der Waals surface area (Å²) in [6.45, 7) is 7.71. The highest BCUT2D eigenvalue weighted by Gasteiger charge is 2.38. The first-order chi connectivity index (χ1) is 16.2. The molecule has 1 saturated heterocycles. The molecule has 0 saturated carbocycles. The Kier molecular flexibility index (Phi) is 5.39. The van der Waals surface area contributed by atoms with Gasteiger partial charge in [-0.2, -0.15) is 0 Å². The molecule has 1 aliphatic heterocycles. The van der Waals surface area contributed by atoms with E-state index in [1.807, 2.05) is 13.0 Å². The van der Waals surface area contributed by atoms with E-state index in [0.717, 1.165) is 22.8 Å². The van der Waals surface area contributed by atoms with E-state index in [2.05, 4.69) is 53.7 Å². The molecule has 0 aliphatic carbocycles. The Bertz CT molecular complexity index is 1420. The number of amides is 1. The molecule has 0 aromatic heterocycles. The molecule has 4 aromatic rings. The van der Waals surface area contributed by atoms with Crippen molar-refractivity contribution in [2.75, 3.05) is 6.54 Å². The topological polar surface area (TPSA) is 68.2 Å². The van der Waals surface area contributed by atoms with E-state index in [1.165, 1.54) is 26.4 Å². The number of carbonyl (C=O) groups excluding carboxylic acids is 2. The zero-order valence-corrected chi connectivity index (χ0v) is 19.9. The molecule has 0 bridgehead atoms. The fraction of sp³-hybridized carbons (Fsp3) is 0.321. The number of hydrogen-bond donors (Lipinski definition) is 0. The molecule has 1 unspecified atom stereocenters. The minimum atomic E-state index is -0.687. The van der Waals surface area contributed by atoms with Gasteiger partial charge in [0.05, 0.1) is 5.71 Å². The Morgan fingerprint density at radius 1 is 0.941 bits per heavy atom. The Labute approximate surface area is 198 Å². The van der Waals surface area contributed by atoms with Crippen molar-refractivity contribution in [3.05, 3.63) is 60.2 Å². The van der Waals surface area contributed by atoms with Crippen molar-refractivity contribution >= 4 is 50.1 Å². The lowest BCUT2D eigenvalue weighted by Crippen LogP contribution is -2.43. The van der Waals surface area contributed by atoms with Gasteiger partial charge in [0.1, 0.15) is 11.6 Å². The summed E-state index contributed by atoms with van der Waals surface area (Å²) in [6, 6.07) is 18.2. The number of nitrogens with zero attached hydrogens (tertiary/aromatic N) is 2. The number of hydrogen-bond acceptors (Lipinski definition) is 5. The highest BCUT2D eigenvalue weighted by Crippen LogP contribution is 2.36. The van der Waals surface area contributed by atoms with Gasteiger partial charge in [0.15, 0.2) is 0 Å². The normalized spacial score (nSPS) is 17.1. The number of oxime groups is 1. The molecule has 1 amide bonds. The van der Waals surface area contributed by atoms with Gasteiger partial charge in [-0.3, -0.25) is 4.90 Å². The third-order valence-electron chi connectivity index (χ3n) is 6.34. The summed E-state index contributed by atoms with van der Waals surface area (Å²) in [6.07, 6.45) is 0.752. The molecular weight excluding hydrogens is 428 g/mol. The minimum Gasteiger partial charge on any atom is -0.444 e. The van der Waals surface area contributed by atoms with Crippen LogP contribution in [0, 0.1) is 0 Å². The van der Waals surface area contributed by atoms with Crippen LogP contribution < -0.4 is 0 Å². The van der Waals surface area contributed by atoms with Crippen LogP contribution in [-0.4, -0.2) is 40.9 Å². The second-order valence-electron chi connectivity index (χ2n) is 9.89. The summed E-state index contributed by atoms with van der Waals surface area (Å²) in [7, 11) is 0. The average molecular weight is 457 g/mol. The highest BCUT2D eigenvalue weighted by atomic mass is 16.7. The van der Waals surface area contributed by atoms with Gasteiger partial charge in [0.2, 0.25) is 0 Å². The third-order valence-corrected chi connectivity index (χ3v) is 6.34. The van der Waals surface area contributed by atoms with Crippen molar-refractivity contribution in [2.24, 2.45) is 5.16 Å². The van der Waals surface area contributed by atoms with Gasteiger partial charge in [-0.05, 0) is 72.9 Å². The first-order valence-electron chi connectivity index (χ1n) is 11.6. The molecule has 6 nitrogen and oxygen atoms in total. The molecule has 1 aliphatic rings. The summed E-state index contributed by atoms with van der Waals surface area (Å²) in [4.78, 5) is 32.1. The first-order valence-corrected chi connectivity index (χ1v) is 11.6. The third kappa shape index (κ3) is 3.94. The van der Waals surface area contributed by atoms with Gasteiger partial charge in [0, 0.05) is 12.1 Å². The van der Waals surface area contributed by atoms with Crippen LogP contribution in [0.15, 0.2) is 59.8 Å². The van der Waals surface area contributed by atoms with Crippen molar-refractivity contribution < 1.29 is 19.2 Å². The van der Waals surface area contributed by atoms with Crippen molar-refractivity contribution in [1.82, 2.24) is 4.90 Å². The monoisotopic (exact) mass is 456 g/mol. The van der Waals surface area contributed by atoms with Crippen molar-refractivity contribution in [3.8, 4) is 0 Å². The lowest BCUT2D eigenvalue weighted by Gasteiger charge is -2.27. The van der Waals surface area contributed by atoms with E-state index < -0.39 is 23.7 Å². The van der Waals surface area contributed by atoms with Crippen molar-refractivity contribution in [1.29, 1.82) is 0 Å². The maximum Gasteiger partial charge on any atom is 0.411 e. The molecule has 1 atom stereocenters. The summed E-state index contributed by atoms with van der Waals surface area (Å²) < 4.78 is 5.44. The SMILES string of the molecule is C/C(=N\OC(=O)C1CCCN1C(=O)OC(C)(C)C)c1ccc2ccc3cccc4ccc1c2c34. The minimum absolute atomic E-state index is 0.465. The number of likely N-dealkylation sites (tertiary alicyclic amines) is 1. The molecule has 0 N–H and O–H groups in total. The predicted octanol–water partition coefficient (Wildman–Crippen LogP) is 6.25. The van der Waals surface area contributed by atoms with E-state index in [-0.39, 0.29) is 0 Å².